The number of rotatable bonds is 7. The van der Waals surface area contributed by atoms with Gasteiger partial charge in [-0.25, -0.2) is 13.6 Å². The van der Waals surface area contributed by atoms with Crippen LogP contribution in [0.4, 0.5) is 20.2 Å². The van der Waals surface area contributed by atoms with Crippen molar-refractivity contribution in [3.63, 3.8) is 0 Å². The van der Waals surface area contributed by atoms with Crippen LogP contribution in [0.3, 0.4) is 0 Å². The molecule has 152 valence electrons. The zero-order valence-corrected chi connectivity index (χ0v) is 15.6. The van der Waals surface area contributed by atoms with E-state index in [9.17, 15) is 18.4 Å². The highest BCUT2D eigenvalue weighted by atomic mass is 19.1. The molecule has 2 aromatic rings. The number of halogens is 2. The average Bonchev–Trinajstić information content (AvgIpc) is 2.72. The van der Waals surface area contributed by atoms with Crippen LogP contribution in [-0.2, 0) is 14.3 Å². The Bertz CT molecular complexity index is 923. The summed E-state index contributed by atoms with van der Waals surface area (Å²) in [5, 5.41) is 2.55. The fourth-order valence-electron chi connectivity index (χ4n) is 2.89. The molecular formula is C21H20F2N2O4. The van der Waals surface area contributed by atoms with Crippen molar-refractivity contribution >= 4 is 23.2 Å². The molecule has 8 heteroatoms. The lowest BCUT2D eigenvalue weighted by atomic mass is 10.2. The molecule has 1 aliphatic heterocycles. The van der Waals surface area contributed by atoms with Crippen molar-refractivity contribution in [2.45, 2.75) is 6.42 Å². The number of carbonyl (C=O) groups is 1. The maximum atomic E-state index is 14.4. The fraction of sp³-hybridized carbons (Fsp3) is 0.286. The second kappa shape index (κ2) is 9.82. The first kappa shape index (κ1) is 20.5. The number of hydrogen-bond acceptors (Lipinski definition) is 5. The lowest BCUT2D eigenvalue weighted by molar-refractivity contribution is -0.115. The van der Waals surface area contributed by atoms with Crippen LogP contribution in [0.2, 0.25) is 0 Å². The fourth-order valence-corrected chi connectivity index (χ4v) is 2.89. The molecule has 2 aromatic carbocycles. The van der Waals surface area contributed by atoms with E-state index < -0.39 is 17.5 Å². The third-order valence-electron chi connectivity index (χ3n) is 4.31. The van der Waals surface area contributed by atoms with Gasteiger partial charge in [-0.1, -0.05) is 6.07 Å². The zero-order valence-electron chi connectivity index (χ0n) is 15.6. The second-order valence-electron chi connectivity index (χ2n) is 6.44. The van der Waals surface area contributed by atoms with Crippen molar-refractivity contribution in [2.24, 2.45) is 0 Å². The van der Waals surface area contributed by atoms with Crippen LogP contribution in [0.5, 0.6) is 5.75 Å². The van der Waals surface area contributed by atoms with Gasteiger partial charge in [0.15, 0.2) is 0 Å². The Morgan fingerprint density at radius 2 is 1.97 bits per heavy atom. The van der Waals surface area contributed by atoms with Crippen molar-refractivity contribution in [3.05, 3.63) is 59.7 Å². The molecule has 0 aliphatic carbocycles. The van der Waals surface area contributed by atoms with E-state index in [1.165, 1.54) is 30.3 Å². The van der Waals surface area contributed by atoms with Gasteiger partial charge in [-0.2, -0.15) is 0 Å². The van der Waals surface area contributed by atoms with Gasteiger partial charge in [-0.3, -0.25) is 4.79 Å². The maximum Gasteiger partial charge on any atom is 0.229 e. The predicted molar refractivity (Wildman–Crippen MR) is 104 cm³/mol. The van der Waals surface area contributed by atoms with Gasteiger partial charge >= 0.3 is 0 Å². The van der Waals surface area contributed by atoms with E-state index in [0.717, 1.165) is 0 Å². The van der Waals surface area contributed by atoms with E-state index in [1.54, 1.807) is 18.1 Å². The summed E-state index contributed by atoms with van der Waals surface area (Å²) >= 11 is 0. The number of nitrogens with zero attached hydrogens (tertiary/aromatic N) is 1. The topological polar surface area (TPSA) is 67.9 Å². The number of hydrogen-bond donors (Lipinski definition) is 1. The Balaban J connectivity index is 1.55. The summed E-state index contributed by atoms with van der Waals surface area (Å²) in [6.45, 7) is 2.07. The van der Waals surface area contributed by atoms with Crippen molar-refractivity contribution in [3.8, 4) is 5.75 Å². The summed E-state index contributed by atoms with van der Waals surface area (Å²) in [5.74, 6) is 0.461. The van der Waals surface area contributed by atoms with Crippen LogP contribution < -0.4 is 15.0 Å². The van der Waals surface area contributed by atoms with Crippen LogP contribution in [0, 0.1) is 11.6 Å². The minimum absolute atomic E-state index is 0.0529. The molecule has 1 fully saturated rings. The molecule has 0 unspecified atom stereocenters. The molecule has 3 rings (SSSR count). The van der Waals surface area contributed by atoms with Crippen LogP contribution in [0.1, 0.15) is 6.42 Å². The molecule has 1 amide bonds. The highest BCUT2D eigenvalue weighted by Crippen LogP contribution is 2.24. The molecule has 0 bridgehead atoms. The molecule has 0 aromatic heterocycles. The van der Waals surface area contributed by atoms with E-state index in [1.807, 2.05) is 4.90 Å². The molecule has 1 saturated heterocycles. The first-order chi connectivity index (χ1) is 14.0. The summed E-state index contributed by atoms with van der Waals surface area (Å²) in [6, 6.07) is 9.86. The van der Waals surface area contributed by atoms with Gasteiger partial charge in [-0.05, 0) is 30.3 Å². The van der Waals surface area contributed by atoms with E-state index in [4.69, 9.17) is 9.47 Å². The first-order valence-electron chi connectivity index (χ1n) is 9.08. The number of amides is 1. The Labute approximate surface area is 166 Å². The van der Waals surface area contributed by atoms with E-state index in [0.29, 0.717) is 32.0 Å². The molecule has 6 nitrogen and oxygen atoms in total. The smallest absolute Gasteiger partial charge is 0.229 e. The standard InChI is InChI=1S/C21H20F2N2O4/c22-16-2-1-3-18(11-16)29-14-15(13-26)10-21(27)24-17-4-5-20(19(23)12-17)25-6-8-28-9-7-25/h1-5,11-12H,6-10,14H2,(H,24,27). The Hall–Kier alpha value is -3.22. The summed E-state index contributed by atoms with van der Waals surface area (Å²) in [5.41, 5.74) is 0.779. The lowest BCUT2D eigenvalue weighted by Gasteiger charge is -2.29. The van der Waals surface area contributed by atoms with E-state index in [-0.39, 0.29) is 30.0 Å². The Morgan fingerprint density at radius 3 is 2.66 bits per heavy atom. The summed E-state index contributed by atoms with van der Waals surface area (Å²) in [4.78, 5) is 25.1. The normalized spacial score (nSPS) is 13.5. The Kier molecular flexibility index (Phi) is 6.94. The third kappa shape index (κ3) is 5.88. The second-order valence-corrected chi connectivity index (χ2v) is 6.44. The highest BCUT2D eigenvalue weighted by Gasteiger charge is 2.16. The molecule has 1 heterocycles. The van der Waals surface area contributed by atoms with Crippen LogP contribution in [0.15, 0.2) is 48.0 Å². The van der Waals surface area contributed by atoms with Crippen molar-refractivity contribution in [2.75, 3.05) is 43.1 Å². The average molecular weight is 402 g/mol. The van der Waals surface area contributed by atoms with Gasteiger partial charge in [0, 0.05) is 24.8 Å². The number of anilines is 2. The lowest BCUT2D eigenvalue weighted by Crippen LogP contribution is -2.36. The van der Waals surface area contributed by atoms with Crippen LogP contribution in [0.25, 0.3) is 0 Å². The van der Waals surface area contributed by atoms with Gasteiger partial charge in [0.2, 0.25) is 5.91 Å². The molecular weight excluding hydrogens is 382 g/mol. The third-order valence-corrected chi connectivity index (χ3v) is 4.31. The summed E-state index contributed by atoms with van der Waals surface area (Å²) < 4.78 is 38.1. The number of carbonyl (C=O) groups excluding carboxylic acids is 2. The van der Waals surface area contributed by atoms with Gasteiger partial charge in [0.05, 0.1) is 30.9 Å². The van der Waals surface area contributed by atoms with Crippen LogP contribution >= 0.6 is 0 Å². The molecule has 0 saturated carbocycles. The monoisotopic (exact) mass is 402 g/mol. The number of ether oxygens (including phenoxy) is 2. The molecule has 1 aliphatic rings. The number of benzene rings is 2. The highest BCUT2D eigenvalue weighted by molar-refractivity contribution is 5.93. The van der Waals surface area contributed by atoms with Crippen molar-refractivity contribution < 1.29 is 27.8 Å². The van der Waals surface area contributed by atoms with E-state index in [2.05, 4.69) is 5.32 Å². The van der Waals surface area contributed by atoms with Gasteiger partial charge in [0.1, 0.15) is 29.9 Å². The first-order valence-corrected chi connectivity index (χ1v) is 9.08. The SMILES string of the molecule is O=C=C(COc1cccc(F)c1)CC(=O)Nc1ccc(N2CCOCC2)c(F)c1. The van der Waals surface area contributed by atoms with Crippen LogP contribution in [-0.4, -0.2) is 44.8 Å². The maximum absolute atomic E-state index is 14.4. The molecule has 0 atom stereocenters. The minimum Gasteiger partial charge on any atom is -0.488 e. The molecule has 0 spiro atoms. The summed E-state index contributed by atoms with van der Waals surface area (Å²) in [7, 11) is 0. The zero-order chi connectivity index (χ0) is 20.6. The molecule has 1 N–H and O–H groups in total. The molecule has 29 heavy (non-hydrogen) atoms. The molecule has 0 radical (unpaired) electrons. The predicted octanol–water partition coefficient (Wildman–Crippen LogP) is 2.97. The van der Waals surface area contributed by atoms with Gasteiger partial charge in [-0.15, -0.1) is 0 Å². The number of morpholine rings is 1. The van der Waals surface area contributed by atoms with Crippen molar-refractivity contribution in [1.29, 1.82) is 0 Å². The van der Waals surface area contributed by atoms with E-state index >= 15 is 0 Å². The minimum atomic E-state index is -0.510. The van der Waals surface area contributed by atoms with Gasteiger partial charge in [0.25, 0.3) is 0 Å². The summed E-state index contributed by atoms with van der Waals surface area (Å²) in [6.07, 6.45) is -0.272. The largest absolute Gasteiger partial charge is 0.488 e. The Morgan fingerprint density at radius 1 is 1.17 bits per heavy atom. The quantitative estimate of drug-likeness (QED) is 0.722. The van der Waals surface area contributed by atoms with Crippen molar-refractivity contribution in [1.82, 2.24) is 0 Å². The number of nitrogens with one attached hydrogen (secondary N) is 1. The van der Waals surface area contributed by atoms with Gasteiger partial charge < -0.3 is 19.7 Å².